The number of nitrogens with zero attached hydrogens (tertiary/aromatic N) is 3. The Morgan fingerprint density at radius 2 is 1.74 bits per heavy atom. The van der Waals surface area contributed by atoms with E-state index in [1.165, 1.54) is 11.1 Å². The second-order valence-corrected chi connectivity index (χ2v) is 10.3. The highest BCUT2D eigenvalue weighted by Gasteiger charge is 2.42. The second kappa shape index (κ2) is 10.4. The van der Waals surface area contributed by atoms with Gasteiger partial charge in [-0.2, -0.15) is 0 Å². The van der Waals surface area contributed by atoms with Crippen molar-refractivity contribution in [2.24, 2.45) is 0 Å². The summed E-state index contributed by atoms with van der Waals surface area (Å²) in [5, 5.41) is 7.20. The van der Waals surface area contributed by atoms with E-state index in [9.17, 15) is 4.79 Å². The molecule has 0 unspecified atom stereocenters. The minimum atomic E-state index is -0.129. The smallest absolute Gasteiger partial charge is 0.224 e. The number of amides is 1. The molecule has 0 aliphatic carbocycles. The number of nitrogens with one attached hydrogen (secondary N) is 2. The van der Waals surface area contributed by atoms with Crippen LogP contribution in [0, 0.1) is 27.7 Å². The van der Waals surface area contributed by atoms with Crippen molar-refractivity contribution in [3.63, 3.8) is 0 Å². The highest BCUT2D eigenvalue weighted by molar-refractivity contribution is 7.80. The molecule has 0 radical (unpaired) electrons. The zero-order valence-corrected chi connectivity index (χ0v) is 23.3. The molecule has 4 aromatic rings. The van der Waals surface area contributed by atoms with Crippen LogP contribution in [0.15, 0.2) is 72.9 Å². The number of benzene rings is 2. The molecular weight excluding hydrogens is 490 g/mol. The van der Waals surface area contributed by atoms with E-state index in [-0.39, 0.29) is 18.0 Å². The number of rotatable bonds is 6. The molecular formula is C31H33N5OS. The molecule has 6 nitrogen and oxygen atoms in total. The number of carbonyl (C=O) groups is 1. The van der Waals surface area contributed by atoms with Gasteiger partial charge in [-0.15, -0.1) is 0 Å². The van der Waals surface area contributed by atoms with Gasteiger partial charge < -0.3 is 20.1 Å². The zero-order chi connectivity index (χ0) is 27.0. The largest absolute Gasteiger partial charge is 0.351 e. The number of carbonyl (C=O) groups excluding carboxylic acids is 1. The molecule has 1 saturated heterocycles. The van der Waals surface area contributed by atoms with Gasteiger partial charge in [0.2, 0.25) is 5.91 Å². The molecule has 2 aromatic heterocycles. The molecule has 7 heteroatoms. The van der Waals surface area contributed by atoms with Crippen molar-refractivity contribution in [1.29, 1.82) is 0 Å². The minimum absolute atomic E-state index is 0.00384. The average Bonchev–Trinajstić information content (AvgIpc) is 3.41. The maximum atomic E-state index is 12.0. The van der Waals surface area contributed by atoms with E-state index >= 15 is 0 Å². The molecule has 194 valence electrons. The average molecular weight is 524 g/mol. The number of aromatic nitrogens is 2. The molecule has 2 atom stereocenters. The monoisotopic (exact) mass is 523 g/mol. The summed E-state index contributed by atoms with van der Waals surface area (Å²) in [6, 6.07) is 22.7. The van der Waals surface area contributed by atoms with E-state index in [0.29, 0.717) is 11.5 Å². The van der Waals surface area contributed by atoms with Crippen molar-refractivity contribution in [2.75, 3.05) is 10.2 Å². The van der Waals surface area contributed by atoms with Gasteiger partial charge in [-0.25, -0.2) is 0 Å². The van der Waals surface area contributed by atoms with Crippen LogP contribution in [0.1, 0.15) is 59.2 Å². The van der Waals surface area contributed by atoms with Gasteiger partial charge in [0.05, 0.1) is 17.8 Å². The molecule has 5 rings (SSSR count). The number of thiocarbonyl (C=S) groups is 1. The molecule has 1 fully saturated rings. The van der Waals surface area contributed by atoms with Gasteiger partial charge in [-0.05, 0) is 99.6 Å². The lowest BCUT2D eigenvalue weighted by atomic mass is 9.96. The number of hydrogen-bond acceptors (Lipinski definition) is 3. The Morgan fingerprint density at radius 1 is 1.00 bits per heavy atom. The van der Waals surface area contributed by atoms with E-state index in [0.717, 1.165) is 39.7 Å². The van der Waals surface area contributed by atoms with Gasteiger partial charge >= 0.3 is 0 Å². The molecule has 0 bridgehead atoms. The van der Waals surface area contributed by atoms with E-state index in [4.69, 9.17) is 17.2 Å². The zero-order valence-electron chi connectivity index (χ0n) is 22.4. The maximum Gasteiger partial charge on any atom is 0.224 e. The normalized spacial score (nSPS) is 17.0. The molecule has 0 spiro atoms. The van der Waals surface area contributed by atoms with Crippen LogP contribution in [0.2, 0.25) is 0 Å². The van der Waals surface area contributed by atoms with Gasteiger partial charge in [0.25, 0.3) is 0 Å². The Bertz CT molecular complexity index is 1490. The quantitative estimate of drug-likeness (QED) is 0.278. The first kappa shape index (κ1) is 25.7. The second-order valence-electron chi connectivity index (χ2n) is 9.89. The number of pyridine rings is 1. The maximum absolute atomic E-state index is 12.0. The Hall–Kier alpha value is -3.97. The minimum Gasteiger partial charge on any atom is -0.351 e. The molecule has 3 heterocycles. The van der Waals surface area contributed by atoms with Crippen molar-refractivity contribution < 1.29 is 4.79 Å². The van der Waals surface area contributed by atoms with Gasteiger partial charge in [0.1, 0.15) is 0 Å². The van der Waals surface area contributed by atoms with Crippen LogP contribution in [0.5, 0.6) is 0 Å². The summed E-state index contributed by atoms with van der Waals surface area (Å²) in [6.07, 6.45) is 2.26. The number of aryl methyl sites for hydroxylation is 3. The summed E-state index contributed by atoms with van der Waals surface area (Å²) in [5.41, 5.74) is 9.59. The first-order valence-corrected chi connectivity index (χ1v) is 13.4. The first-order valence-electron chi connectivity index (χ1n) is 13.0. The van der Waals surface area contributed by atoms with Crippen molar-refractivity contribution in [3.8, 4) is 5.69 Å². The van der Waals surface area contributed by atoms with Crippen LogP contribution in [-0.4, -0.2) is 20.6 Å². The van der Waals surface area contributed by atoms with Crippen molar-refractivity contribution >= 4 is 34.6 Å². The first-order chi connectivity index (χ1) is 18.3. The van der Waals surface area contributed by atoms with Crippen LogP contribution in [0.25, 0.3) is 5.69 Å². The highest BCUT2D eigenvalue weighted by atomic mass is 32.1. The molecule has 2 aromatic carbocycles. The Morgan fingerprint density at radius 3 is 2.39 bits per heavy atom. The third kappa shape index (κ3) is 4.70. The van der Waals surface area contributed by atoms with Crippen molar-refractivity contribution in [3.05, 3.63) is 107 Å². The molecule has 1 aliphatic heterocycles. The molecule has 1 aliphatic rings. The summed E-state index contributed by atoms with van der Waals surface area (Å²) in [6.45, 7) is 10.3. The van der Waals surface area contributed by atoms with Crippen LogP contribution in [-0.2, 0) is 4.79 Å². The summed E-state index contributed by atoms with van der Waals surface area (Å²) in [4.78, 5) is 18.9. The van der Waals surface area contributed by atoms with Gasteiger partial charge in [-0.1, -0.05) is 30.7 Å². The predicted molar refractivity (Wildman–Crippen MR) is 158 cm³/mol. The standard InChI is InChI=1S/C31H33N5OS/c1-6-28(37)33-26-15-14-24(17-20(26)3)36-30(29(34-31(36)38)27-9-7-8-16-32-27)25-18-21(4)35(22(25)5)23-12-10-19(2)11-13-23/h7-18,29-30H,6H2,1-5H3,(H,33,37)(H,34,38)/t29-,30-/m1/s1. The fraction of sp³-hybridized carbons (Fsp3) is 0.258. The highest BCUT2D eigenvalue weighted by Crippen LogP contribution is 2.44. The molecule has 38 heavy (non-hydrogen) atoms. The van der Waals surface area contributed by atoms with Crippen molar-refractivity contribution in [1.82, 2.24) is 14.9 Å². The van der Waals surface area contributed by atoms with E-state index in [2.05, 4.69) is 77.3 Å². The SMILES string of the molecule is CCC(=O)Nc1ccc(N2C(=S)N[C@H](c3ccccn3)[C@H]2c2cc(C)n(-c3ccc(C)cc3)c2C)cc1C. The third-order valence-electron chi connectivity index (χ3n) is 7.26. The number of hydrogen-bond donors (Lipinski definition) is 2. The topological polar surface area (TPSA) is 62.2 Å². The molecule has 2 N–H and O–H groups in total. The summed E-state index contributed by atoms with van der Waals surface area (Å²) in [5.74, 6) is -0.00384. The summed E-state index contributed by atoms with van der Waals surface area (Å²) >= 11 is 5.94. The predicted octanol–water partition coefficient (Wildman–Crippen LogP) is 6.63. The van der Waals surface area contributed by atoms with Gasteiger partial charge in [-0.3, -0.25) is 9.78 Å². The lowest BCUT2D eigenvalue weighted by molar-refractivity contribution is -0.115. The molecule has 1 amide bonds. The van der Waals surface area contributed by atoms with Gasteiger partial charge in [0.15, 0.2) is 5.11 Å². The summed E-state index contributed by atoms with van der Waals surface area (Å²) in [7, 11) is 0. The van der Waals surface area contributed by atoms with E-state index in [1.54, 1.807) is 0 Å². The van der Waals surface area contributed by atoms with E-state index < -0.39 is 0 Å². The van der Waals surface area contributed by atoms with Crippen LogP contribution < -0.4 is 15.5 Å². The number of anilines is 2. The lowest BCUT2D eigenvalue weighted by Gasteiger charge is -2.29. The fourth-order valence-corrected chi connectivity index (χ4v) is 5.65. The Balaban J connectivity index is 1.63. The van der Waals surface area contributed by atoms with Crippen LogP contribution in [0.4, 0.5) is 11.4 Å². The Kier molecular flexibility index (Phi) is 7.04. The molecule has 0 saturated carbocycles. The lowest BCUT2D eigenvalue weighted by Crippen LogP contribution is -2.29. The summed E-state index contributed by atoms with van der Waals surface area (Å²) < 4.78 is 2.30. The van der Waals surface area contributed by atoms with Gasteiger partial charge in [0, 0.05) is 41.1 Å². The van der Waals surface area contributed by atoms with Crippen LogP contribution in [0.3, 0.4) is 0 Å². The Labute approximate surface area is 229 Å². The van der Waals surface area contributed by atoms with Crippen LogP contribution >= 0.6 is 12.2 Å². The third-order valence-corrected chi connectivity index (χ3v) is 7.58. The fourth-order valence-electron chi connectivity index (χ4n) is 5.30. The van der Waals surface area contributed by atoms with E-state index in [1.807, 2.05) is 50.4 Å². The van der Waals surface area contributed by atoms with Crippen molar-refractivity contribution in [2.45, 2.75) is 53.1 Å².